The molecule has 1 N–H and O–H groups in total. The van der Waals surface area contributed by atoms with Gasteiger partial charge in [0.05, 0.1) is 16.9 Å². The van der Waals surface area contributed by atoms with Crippen LogP contribution in [-0.2, 0) is 6.54 Å². The van der Waals surface area contributed by atoms with Crippen LogP contribution in [-0.4, -0.2) is 57.6 Å². The highest BCUT2D eigenvalue weighted by Crippen LogP contribution is 2.23. The highest BCUT2D eigenvalue weighted by Gasteiger charge is 2.28. The molecule has 4 rings (SSSR count). The van der Waals surface area contributed by atoms with Crippen molar-refractivity contribution in [2.45, 2.75) is 64.6 Å². The van der Waals surface area contributed by atoms with Gasteiger partial charge in [0.1, 0.15) is 5.82 Å². The number of amides is 2. The number of piperazine rings is 1. The molecule has 2 aliphatic rings. The monoisotopic (exact) mass is 445 g/mol. The zero-order valence-electron chi connectivity index (χ0n) is 18.4. The average molecular weight is 446 g/mol. The fraction of sp³-hybridized carbons (Fsp3) is 0.609. The number of hydrogen-bond acceptors (Lipinski definition) is 4. The molecule has 31 heavy (non-hydrogen) atoms. The zero-order chi connectivity index (χ0) is 22.0. The van der Waals surface area contributed by atoms with E-state index in [1.807, 2.05) is 17.9 Å². The van der Waals surface area contributed by atoms with E-state index in [2.05, 4.69) is 17.1 Å². The van der Waals surface area contributed by atoms with E-state index in [-0.39, 0.29) is 17.6 Å². The SMILES string of the molecule is CCn1c(C(C)N2CCN(C(=O)NC3CCCCC3)CC2)nc2ccc(Cl)cc2c1=O. The molecule has 1 saturated heterocycles. The Morgan fingerprint density at radius 3 is 2.58 bits per heavy atom. The molecule has 2 aromatic rings. The summed E-state index contributed by atoms with van der Waals surface area (Å²) in [6.45, 7) is 7.49. The second kappa shape index (κ2) is 9.57. The van der Waals surface area contributed by atoms with Crippen molar-refractivity contribution < 1.29 is 4.79 Å². The molecule has 1 unspecified atom stereocenters. The maximum absolute atomic E-state index is 13.0. The molecule has 0 bridgehead atoms. The summed E-state index contributed by atoms with van der Waals surface area (Å²) in [6, 6.07) is 5.64. The number of carbonyl (C=O) groups is 1. The van der Waals surface area contributed by atoms with Gasteiger partial charge in [0.15, 0.2) is 0 Å². The summed E-state index contributed by atoms with van der Waals surface area (Å²) >= 11 is 6.09. The molecule has 1 atom stereocenters. The lowest BCUT2D eigenvalue weighted by Crippen LogP contribution is -2.54. The maximum atomic E-state index is 13.0. The number of rotatable bonds is 4. The van der Waals surface area contributed by atoms with Gasteiger partial charge in [-0.25, -0.2) is 9.78 Å². The maximum Gasteiger partial charge on any atom is 0.317 e. The minimum Gasteiger partial charge on any atom is -0.335 e. The van der Waals surface area contributed by atoms with E-state index in [0.717, 1.165) is 31.8 Å². The minimum atomic E-state index is -0.0534. The zero-order valence-corrected chi connectivity index (χ0v) is 19.2. The number of fused-ring (bicyclic) bond motifs is 1. The summed E-state index contributed by atoms with van der Waals surface area (Å²) in [5.74, 6) is 0.766. The van der Waals surface area contributed by atoms with Gasteiger partial charge in [-0.3, -0.25) is 14.3 Å². The van der Waals surface area contributed by atoms with Crippen LogP contribution in [0.5, 0.6) is 0 Å². The van der Waals surface area contributed by atoms with Gasteiger partial charge >= 0.3 is 6.03 Å². The van der Waals surface area contributed by atoms with Crippen LogP contribution in [0.1, 0.15) is 57.8 Å². The normalized spacial score (nSPS) is 19.5. The Kier molecular flexibility index (Phi) is 6.82. The number of aromatic nitrogens is 2. The van der Waals surface area contributed by atoms with Crippen LogP contribution in [0, 0.1) is 0 Å². The van der Waals surface area contributed by atoms with Gasteiger partial charge in [0.25, 0.3) is 5.56 Å². The Bertz CT molecular complexity index is 993. The molecule has 1 aromatic carbocycles. The van der Waals surface area contributed by atoms with Crippen LogP contribution in [0.15, 0.2) is 23.0 Å². The van der Waals surface area contributed by atoms with Crippen LogP contribution in [0.3, 0.4) is 0 Å². The molecule has 0 spiro atoms. The van der Waals surface area contributed by atoms with Gasteiger partial charge in [-0.05, 0) is 44.9 Å². The first-order valence-electron chi connectivity index (χ1n) is 11.5. The highest BCUT2D eigenvalue weighted by molar-refractivity contribution is 6.31. The lowest BCUT2D eigenvalue weighted by molar-refractivity contribution is 0.107. The van der Waals surface area contributed by atoms with Crippen LogP contribution in [0.4, 0.5) is 4.79 Å². The highest BCUT2D eigenvalue weighted by atomic mass is 35.5. The first-order valence-corrected chi connectivity index (χ1v) is 11.8. The van der Waals surface area contributed by atoms with E-state index in [9.17, 15) is 9.59 Å². The smallest absolute Gasteiger partial charge is 0.317 e. The van der Waals surface area contributed by atoms with Gasteiger partial charge in [0.2, 0.25) is 0 Å². The van der Waals surface area contributed by atoms with Gasteiger partial charge in [-0.15, -0.1) is 0 Å². The lowest BCUT2D eigenvalue weighted by atomic mass is 9.96. The largest absolute Gasteiger partial charge is 0.335 e. The first-order chi connectivity index (χ1) is 15.0. The van der Waals surface area contributed by atoms with Crippen molar-refractivity contribution in [2.24, 2.45) is 0 Å². The Labute approximate surface area is 188 Å². The molecular weight excluding hydrogens is 414 g/mol. The van der Waals surface area contributed by atoms with Crippen LogP contribution >= 0.6 is 11.6 Å². The Morgan fingerprint density at radius 1 is 1.19 bits per heavy atom. The second-order valence-electron chi connectivity index (χ2n) is 8.66. The summed E-state index contributed by atoms with van der Waals surface area (Å²) in [5, 5.41) is 4.30. The predicted molar refractivity (Wildman–Crippen MR) is 124 cm³/mol. The quantitative estimate of drug-likeness (QED) is 0.777. The summed E-state index contributed by atoms with van der Waals surface area (Å²) < 4.78 is 1.74. The van der Waals surface area contributed by atoms with Gasteiger partial charge in [0, 0.05) is 43.8 Å². The first kappa shape index (κ1) is 22.1. The number of benzene rings is 1. The van der Waals surface area contributed by atoms with Crippen molar-refractivity contribution >= 4 is 28.5 Å². The van der Waals surface area contributed by atoms with Crippen molar-refractivity contribution in [3.63, 3.8) is 0 Å². The molecule has 2 heterocycles. The third kappa shape index (κ3) is 4.72. The molecular formula is C23H32ClN5O2. The average Bonchev–Trinajstić information content (AvgIpc) is 2.79. The summed E-state index contributed by atoms with van der Waals surface area (Å²) in [7, 11) is 0. The fourth-order valence-corrected chi connectivity index (χ4v) is 5.00. The standard InChI is InChI=1S/C23H32ClN5O2/c1-3-29-21(26-20-10-9-17(24)15-19(20)22(29)30)16(2)27-11-13-28(14-12-27)23(31)25-18-7-5-4-6-8-18/h9-10,15-16,18H,3-8,11-14H2,1-2H3,(H,25,31). The van der Waals surface area contributed by atoms with E-state index >= 15 is 0 Å². The molecule has 1 aliphatic heterocycles. The summed E-state index contributed by atoms with van der Waals surface area (Å²) in [6.07, 6.45) is 5.88. The van der Waals surface area contributed by atoms with Gasteiger partial charge in [-0.1, -0.05) is 30.9 Å². The predicted octanol–water partition coefficient (Wildman–Crippen LogP) is 3.79. The Hall–Kier alpha value is -2.12. The Morgan fingerprint density at radius 2 is 1.90 bits per heavy atom. The molecule has 2 fully saturated rings. The fourth-order valence-electron chi connectivity index (χ4n) is 4.82. The molecule has 1 aromatic heterocycles. The van der Waals surface area contributed by atoms with E-state index < -0.39 is 0 Å². The molecule has 2 amide bonds. The minimum absolute atomic E-state index is 0.0173. The Balaban J connectivity index is 1.45. The molecule has 0 radical (unpaired) electrons. The summed E-state index contributed by atoms with van der Waals surface area (Å²) in [4.78, 5) is 34.7. The van der Waals surface area contributed by atoms with Crippen molar-refractivity contribution in [1.29, 1.82) is 0 Å². The number of halogens is 1. The topological polar surface area (TPSA) is 70.5 Å². The second-order valence-corrected chi connectivity index (χ2v) is 9.10. The van der Waals surface area contributed by atoms with Crippen molar-refractivity contribution in [3.05, 3.63) is 39.4 Å². The lowest BCUT2D eigenvalue weighted by Gasteiger charge is -2.38. The molecule has 1 saturated carbocycles. The van der Waals surface area contributed by atoms with Crippen LogP contribution in [0.25, 0.3) is 10.9 Å². The number of hydrogen-bond donors (Lipinski definition) is 1. The molecule has 7 nitrogen and oxygen atoms in total. The number of carbonyl (C=O) groups excluding carboxylic acids is 1. The van der Waals surface area contributed by atoms with E-state index in [1.165, 1.54) is 19.3 Å². The van der Waals surface area contributed by atoms with Crippen LogP contribution < -0.4 is 10.9 Å². The molecule has 168 valence electrons. The van der Waals surface area contributed by atoms with Crippen molar-refractivity contribution in [2.75, 3.05) is 26.2 Å². The van der Waals surface area contributed by atoms with Gasteiger partial charge < -0.3 is 10.2 Å². The van der Waals surface area contributed by atoms with Crippen LogP contribution in [0.2, 0.25) is 5.02 Å². The third-order valence-electron chi connectivity index (χ3n) is 6.72. The molecule has 8 heteroatoms. The number of urea groups is 1. The van der Waals surface area contributed by atoms with E-state index in [1.54, 1.807) is 16.7 Å². The van der Waals surface area contributed by atoms with E-state index in [4.69, 9.17) is 16.6 Å². The number of nitrogens with zero attached hydrogens (tertiary/aromatic N) is 4. The number of nitrogens with one attached hydrogen (secondary N) is 1. The van der Waals surface area contributed by atoms with Crippen molar-refractivity contribution in [3.8, 4) is 0 Å². The van der Waals surface area contributed by atoms with E-state index in [0.29, 0.717) is 41.6 Å². The summed E-state index contributed by atoms with van der Waals surface area (Å²) in [5.41, 5.74) is 0.619. The van der Waals surface area contributed by atoms with Gasteiger partial charge in [-0.2, -0.15) is 0 Å². The molecule has 1 aliphatic carbocycles. The van der Waals surface area contributed by atoms with Crippen molar-refractivity contribution in [1.82, 2.24) is 24.7 Å². The third-order valence-corrected chi connectivity index (χ3v) is 6.95.